The minimum atomic E-state index is 0.521. The van der Waals surface area contributed by atoms with Crippen molar-refractivity contribution in [3.63, 3.8) is 0 Å². The van der Waals surface area contributed by atoms with Gasteiger partial charge in [0.25, 0.3) is 0 Å². The molecule has 0 saturated carbocycles. The maximum atomic E-state index is 5.41. The number of hydrogen-bond donors (Lipinski definition) is 1. The van der Waals surface area contributed by atoms with E-state index in [0.717, 1.165) is 36.4 Å². The molecule has 0 radical (unpaired) electrons. The predicted molar refractivity (Wildman–Crippen MR) is 59.0 cm³/mol. The third-order valence-corrected chi connectivity index (χ3v) is 3.17. The molecule has 0 bridgehead atoms. The van der Waals surface area contributed by atoms with Crippen molar-refractivity contribution >= 4 is 11.0 Å². The zero-order valence-corrected chi connectivity index (χ0v) is 8.79. The van der Waals surface area contributed by atoms with Crippen molar-refractivity contribution in [1.29, 1.82) is 0 Å². The molecular weight excluding hydrogens is 188 g/mol. The van der Waals surface area contributed by atoms with Crippen molar-refractivity contribution in [2.45, 2.75) is 19.3 Å². The van der Waals surface area contributed by atoms with Gasteiger partial charge in [-0.1, -0.05) is 17.3 Å². The molecule has 0 spiro atoms. The summed E-state index contributed by atoms with van der Waals surface area (Å²) in [7, 11) is 0. The number of benzene rings is 1. The zero-order chi connectivity index (χ0) is 10.3. The first-order chi connectivity index (χ1) is 7.36. The number of para-hydroxylation sites is 1. The van der Waals surface area contributed by atoms with Crippen LogP contribution >= 0.6 is 0 Å². The molecule has 1 aliphatic rings. The van der Waals surface area contributed by atoms with Crippen LogP contribution in [0.4, 0.5) is 0 Å². The molecule has 3 rings (SSSR count). The Morgan fingerprint density at radius 1 is 1.47 bits per heavy atom. The predicted octanol–water partition coefficient (Wildman–Crippen LogP) is 2.21. The van der Waals surface area contributed by atoms with Crippen LogP contribution in [0.25, 0.3) is 11.0 Å². The molecule has 1 aromatic heterocycles. The topological polar surface area (TPSA) is 38.1 Å². The van der Waals surface area contributed by atoms with Crippen molar-refractivity contribution in [1.82, 2.24) is 10.5 Å². The largest absolute Gasteiger partial charge is 0.356 e. The summed E-state index contributed by atoms with van der Waals surface area (Å²) in [5.41, 5.74) is 3.23. The van der Waals surface area contributed by atoms with Gasteiger partial charge in [0.2, 0.25) is 0 Å². The minimum Gasteiger partial charge on any atom is -0.356 e. The summed E-state index contributed by atoms with van der Waals surface area (Å²) in [6.45, 7) is 4.17. The molecule has 1 unspecified atom stereocenters. The summed E-state index contributed by atoms with van der Waals surface area (Å²) < 4.78 is 5.41. The Kier molecular flexibility index (Phi) is 1.99. The summed E-state index contributed by atoms with van der Waals surface area (Å²) in [5.74, 6) is 0.521. The monoisotopic (exact) mass is 202 g/mol. The van der Waals surface area contributed by atoms with Crippen LogP contribution in [0, 0.1) is 6.92 Å². The first-order valence-corrected chi connectivity index (χ1v) is 5.42. The molecular formula is C12H14N2O. The second-order valence-electron chi connectivity index (χ2n) is 4.21. The van der Waals surface area contributed by atoms with Crippen molar-refractivity contribution in [2.75, 3.05) is 13.1 Å². The lowest BCUT2D eigenvalue weighted by Gasteiger charge is -2.02. The van der Waals surface area contributed by atoms with Crippen LogP contribution in [0.1, 0.15) is 23.6 Å². The SMILES string of the molecule is Cc1cccc2c(C3CCNC3)noc12. The normalized spacial score (nSPS) is 21.3. The van der Waals surface area contributed by atoms with Crippen LogP contribution in [-0.4, -0.2) is 18.2 Å². The van der Waals surface area contributed by atoms with Crippen LogP contribution < -0.4 is 5.32 Å². The number of nitrogens with zero attached hydrogens (tertiary/aromatic N) is 1. The van der Waals surface area contributed by atoms with E-state index < -0.39 is 0 Å². The minimum absolute atomic E-state index is 0.521. The van der Waals surface area contributed by atoms with Gasteiger partial charge < -0.3 is 9.84 Å². The summed E-state index contributed by atoms with van der Waals surface area (Å²) in [6.07, 6.45) is 1.16. The third kappa shape index (κ3) is 1.35. The van der Waals surface area contributed by atoms with Crippen molar-refractivity contribution in [3.8, 4) is 0 Å². The molecule has 15 heavy (non-hydrogen) atoms. The molecule has 1 fully saturated rings. The molecule has 0 aliphatic carbocycles. The Hall–Kier alpha value is -1.35. The van der Waals surface area contributed by atoms with E-state index in [1.165, 1.54) is 5.39 Å². The second kappa shape index (κ2) is 3.35. The van der Waals surface area contributed by atoms with Gasteiger partial charge in [-0.3, -0.25) is 0 Å². The van der Waals surface area contributed by atoms with Gasteiger partial charge in [0, 0.05) is 17.8 Å². The van der Waals surface area contributed by atoms with E-state index >= 15 is 0 Å². The highest BCUT2D eigenvalue weighted by Crippen LogP contribution is 2.29. The smallest absolute Gasteiger partial charge is 0.170 e. The van der Waals surface area contributed by atoms with Crippen LogP contribution in [0.15, 0.2) is 22.7 Å². The Balaban J connectivity index is 2.15. The quantitative estimate of drug-likeness (QED) is 0.770. The fourth-order valence-corrected chi connectivity index (χ4v) is 2.30. The maximum Gasteiger partial charge on any atom is 0.170 e. The summed E-state index contributed by atoms with van der Waals surface area (Å²) >= 11 is 0. The van der Waals surface area contributed by atoms with Gasteiger partial charge in [-0.15, -0.1) is 0 Å². The standard InChI is InChI=1S/C12H14N2O/c1-8-3-2-4-10-11(14-15-12(8)10)9-5-6-13-7-9/h2-4,9,13H,5-7H2,1H3. The van der Waals surface area contributed by atoms with Crippen LogP contribution in [0.5, 0.6) is 0 Å². The second-order valence-corrected chi connectivity index (χ2v) is 4.21. The fraction of sp³-hybridized carbons (Fsp3) is 0.417. The van der Waals surface area contributed by atoms with Crippen molar-refractivity contribution in [2.24, 2.45) is 0 Å². The van der Waals surface area contributed by atoms with E-state index in [1.54, 1.807) is 0 Å². The highest BCUT2D eigenvalue weighted by molar-refractivity contribution is 5.82. The van der Waals surface area contributed by atoms with E-state index in [0.29, 0.717) is 5.92 Å². The summed E-state index contributed by atoms with van der Waals surface area (Å²) in [4.78, 5) is 0. The molecule has 2 heterocycles. The Labute approximate surface area is 88.4 Å². The molecule has 2 aromatic rings. The van der Waals surface area contributed by atoms with E-state index in [2.05, 4.69) is 35.6 Å². The van der Waals surface area contributed by atoms with Crippen LogP contribution in [0.2, 0.25) is 0 Å². The molecule has 1 aromatic carbocycles. The average molecular weight is 202 g/mol. The van der Waals surface area contributed by atoms with Gasteiger partial charge in [0.05, 0.1) is 5.69 Å². The molecule has 78 valence electrons. The highest BCUT2D eigenvalue weighted by Gasteiger charge is 2.22. The lowest BCUT2D eigenvalue weighted by molar-refractivity contribution is 0.437. The zero-order valence-electron chi connectivity index (χ0n) is 8.79. The van der Waals surface area contributed by atoms with E-state index in [-0.39, 0.29) is 0 Å². The lowest BCUT2D eigenvalue weighted by Crippen LogP contribution is -2.08. The van der Waals surface area contributed by atoms with Crippen molar-refractivity contribution < 1.29 is 4.52 Å². The van der Waals surface area contributed by atoms with Crippen molar-refractivity contribution in [3.05, 3.63) is 29.5 Å². The van der Waals surface area contributed by atoms with Gasteiger partial charge in [0.1, 0.15) is 0 Å². The molecule has 1 saturated heterocycles. The van der Waals surface area contributed by atoms with Crippen LogP contribution in [-0.2, 0) is 0 Å². The van der Waals surface area contributed by atoms with Gasteiger partial charge in [-0.25, -0.2) is 0 Å². The first kappa shape index (κ1) is 8.92. The number of fused-ring (bicyclic) bond motifs is 1. The highest BCUT2D eigenvalue weighted by atomic mass is 16.5. The first-order valence-electron chi connectivity index (χ1n) is 5.42. The lowest BCUT2D eigenvalue weighted by atomic mass is 10.0. The fourth-order valence-electron chi connectivity index (χ4n) is 2.30. The number of rotatable bonds is 1. The average Bonchev–Trinajstić information content (AvgIpc) is 2.85. The molecule has 0 amide bonds. The van der Waals surface area contributed by atoms with Crippen LogP contribution in [0.3, 0.4) is 0 Å². The van der Waals surface area contributed by atoms with E-state index in [9.17, 15) is 0 Å². The third-order valence-electron chi connectivity index (χ3n) is 3.17. The molecule has 1 aliphatic heterocycles. The maximum absolute atomic E-state index is 5.41. The Morgan fingerprint density at radius 3 is 3.20 bits per heavy atom. The van der Waals surface area contributed by atoms with E-state index in [1.807, 2.05) is 0 Å². The van der Waals surface area contributed by atoms with E-state index in [4.69, 9.17) is 4.52 Å². The molecule has 1 atom stereocenters. The Bertz CT molecular complexity index is 483. The Morgan fingerprint density at radius 2 is 2.40 bits per heavy atom. The number of aromatic nitrogens is 1. The number of nitrogens with one attached hydrogen (secondary N) is 1. The summed E-state index contributed by atoms with van der Waals surface area (Å²) in [6, 6.07) is 6.23. The molecule has 1 N–H and O–H groups in total. The number of hydrogen-bond acceptors (Lipinski definition) is 3. The van der Waals surface area contributed by atoms with Gasteiger partial charge >= 0.3 is 0 Å². The number of aryl methyl sites for hydroxylation is 1. The van der Waals surface area contributed by atoms with Gasteiger partial charge in [0.15, 0.2) is 5.58 Å². The van der Waals surface area contributed by atoms with Gasteiger partial charge in [-0.05, 0) is 31.5 Å². The van der Waals surface area contributed by atoms with Gasteiger partial charge in [-0.2, -0.15) is 0 Å². The molecule has 3 heteroatoms. The molecule has 3 nitrogen and oxygen atoms in total. The summed E-state index contributed by atoms with van der Waals surface area (Å²) in [5, 5.41) is 8.77.